The predicted molar refractivity (Wildman–Crippen MR) is 136 cm³/mol. The molecule has 0 radical (unpaired) electrons. The SMILES string of the molecule is COc1c(CBr)cc(C)cc1-c1cc(C)cc(-c2cc(C)cc(CBr)c2OC)c1OC. The summed E-state index contributed by atoms with van der Waals surface area (Å²) < 4.78 is 17.7. The summed E-state index contributed by atoms with van der Waals surface area (Å²) in [5.41, 5.74) is 9.74. The number of methoxy groups -OCH3 is 3. The molecule has 0 aliphatic rings. The Morgan fingerprint density at radius 1 is 0.516 bits per heavy atom. The fraction of sp³-hybridized carbons (Fsp3) is 0.308. The van der Waals surface area contributed by atoms with Gasteiger partial charge in [0.2, 0.25) is 0 Å². The van der Waals surface area contributed by atoms with E-state index in [1.54, 1.807) is 21.3 Å². The monoisotopic (exact) mass is 546 g/mol. The van der Waals surface area contributed by atoms with Crippen LogP contribution in [0.5, 0.6) is 17.2 Å². The molecule has 0 atom stereocenters. The highest BCUT2D eigenvalue weighted by atomic mass is 79.9. The predicted octanol–water partition coefficient (Wildman–Crippen LogP) is 7.76. The van der Waals surface area contributed by atoms with E-state index >= 15 is 0 Å². The molecule has 0 fully saturated rings. The van der Waals surface area contributed by atoms with Crippen LogP contribution in [-0.2, 0) is 10.7 Å². The first-order valence-electron chi connectivity index (χ1n) is 10.0. The molecule has 3 rings (SSSR count). The fourth-order valence-corrected chi connectivity index (χ4v) is 5.00. The molecule has 5 heteroatoms. The first-order valence-corrected chi connectivity index (χ1v) is 12.3. The molecule has 0 saturated heterocycles. The van der Waals surface area contributed by atoms with Crippen molar-refractivity contribution in [3.8, 4) is 39.5 Å². The third-order valence-corrected chi connectivity index (χ3v) is 6.54. The van der Waals surface area contributed by atoms with Gasteiger partial charge in [-0.25, -0.2) is 0 Å². The number of rotatable bonds is 7. The molecule has 0 heterocycles. The van der Waals surface area contributed by atoms with Gasteiger partial charge in [-0.2, -0.15) is 0 Å². The Kier molecular flexibility index (Phi) is 7.71. The highest BCUT2D eigenvalue weighted by molar-refractivity contribution is 9.08. The Morgan fingerprint density at radius 3 is 1.10 bits per heavy atom. The second-order valence-corrected chi connectivity index (χ2v) is 8.79. The van der Waals surface area contributed by atoms with Crippen LogP contribution in [0.2, 0.25) is 0 Å². The van der Waals surface area contributed by atoms with Crippen molar-refractivity contribution in [1.29, 1.82) is 0 Å². The van der Waals surface area contributed by atoms with E-state index < -0.39 is 0 Å². The van der Waals surface area contributed by atoms with Crippen LogP contribution in [0, 0.1) is 20.8 Å². The molecule has 0 amide bonds. The van der Waals surface area contributed by atoms with Crippen LogP contribution in [-0.4, -0.2) is 21.3 Å². The first-order chi connectivity index (χ1) is 14.9. The standard InChI is InChI=1S/C26H28Br2O3/c1-15-7-18(13-27)24(29-4)20(9-15)22-11-17(3)12-23(26(22)31-6)21-10-16(2)8-19(14-28)25(21)30-5/h7-12H,13-14H2,1-6H3. The molecule has 0 saturated carbocycles. The minimum absolute atomic E-state index is 0.714. The lowest BCUT2D eigenvalue weighted by Gasteiger charge is -2.21. The van der Waals surface area contributed by atoms with Gasteiger partial charge >= 0.3 is 0 Å². The van der Waals surface area contributed by atoms with Gasteiger partial charge in [-0.3, -0.25) is 0 Å². The van der Waals surface area contributed by atoms with Gasteiger partial charge in [0.1, 0.15) is 17.2 Å². The van der Waals surface area contributed by atoms with Gasteiger partial charge in [-0.05, 0) is 61.7 Å². The third-order valence-electron chi connectivity index (χ3n) is 5.33. The Morgan fingerprint density at radius 2 is 0.806 bits per heavy atom. The largest absolute Gasteiger partial charge is 0.496 e. The fourth-order valence-electron chi connectivity index (χ4n) is 4.17. The van der Waals surface area contributed by atoms with Crippen LogP contribution in [0.3, 0.4) is 0 Å². The lowest BCUT2D eigenvalue weighted by Crippen LogP contribution is -2.00. The van der Waals surface area contributed by atoms with Gasteiger partial charge < -0.3 is 14.2 Å². The molecule has 0 spiro atoms. The molecule has 3 aromatic rings. The minimum Gasteiger partial charge on any atom is -0.496 e. The summed E-state index contributed by atoms with van der Waals surface area (Å²) in [6.07, 6.45) is 0. The van der Waals surface area contributed by atoms with Crippen molar-refractivity contribution in [1.82, 2.24) is 0 Å². The lowest BCUT2D eigenvalue weighted by molar-refractivity contribution is 0.406. The van der Waals surface area contributed by atoms with Crippen molar-refractivity contribution in [3.05, 3.63) is 64.2 Å². The number of hydrogen-bond acceptors (Lipinski definition) is 3. The second kappa shape index (κ2) is 10.1. The summed E-state index contributed by atoms with van der Waals surface area (Å²) in [4.78, 5) is 0. The molecule has 0 unspecified atom stereocenters. The molecule has 0 bridgehead atoms. The quantitative estimate of drug-likeness (QED) is 0.283. The number of halogens is 2. The maximum atomic E-state index is 6.03. The maximum absolute atomic E-state index is 6.03. The number of aryl methyl sites for hydroxylation is 3. The van der Waals surface area contributed by atoms with Crippen molar-refractivity contribution in [2.24, 2.45) is 0 Å². The number of alkyl halides is 2. The maximum Gasteiger partial charge on any atom is 0.134 e. The van der Waals surface area contributed by atoms with E-state index in [-0.39, 0.29) is 0 Å². The van der Waals surface area contributed by atoms with Crippen LogP contribution in [0.15, 0.2) is 36.4 Å². The van der Waals surface area contributed by atoms with E-state index in [9.17, 15) is 0 Å². The Balaban J connectivity index is 2.41. The van der Waals surface area contributed by atoms with Gasteiger partial charge in [0, 0.05) is 44.0 Å². The van der Waals surface area contributed by atoms with Crippen LogP contribution in [0.25, 0.3) is 22.3 Å². The summed E-state index contributed by atoms with van der Waals surface area (Å²) in [6.45, 7) is 6.31. The van der Waals surface area contributed by atoms with Crippen molar-refractivity contribution in [2.45, 2.75) is 31.4 Å². The molecule has 31 heavy (non-hydrogen) atoms. The highest BCUT2D eigenvalue weighted by Crippen LogP contribution is 2.47. The molecule has 0 N–H and O–H groups in total. The van der Waals surface area contributed by atoms with E-state index in [4.69, 9.17) is 14.2 Å². The van der Waals surface area contributed by atoms with Crippen molar-refractivity contribution in [3.63, 3.8) is 0 Å². The van der Waals surface area contributed by atoms with E-state index in [2.05, 4.69) is 89.0 Å². The molecule has 0 aliphatic heterocycles. The average Bonchev–Trinajstić information content (AvgIpc) is 2.76. The molecule has 0 aliphatic carbocycles. The zero-order valence-electron chi connectivity index (χ0n) is 18.9. The van der Waals surface area contributed by atoms with Gasteiger partial charge in [-0.15, -0.1) is 0 Å². The zero-order valence-corrected chi connectivity index (χ0v) is 22.0. The molecular weight excluding hydrogens is 520 g/mol. The third kappa shape index (κ3) is 4.63. The van der Waals surface area contributed by atoms with E-state index in [0.29, 0.717) is 10.7 Å². The molecule has 0 aromatic heterocycles. The second-order valence-electron chi connectivity index (χ2n) is 7.67. The number of benzene rings is 3. The van der Waals surface area contributed by atoms with Gasteiger partial charge in [-0.1, -0.05) is 44.0 Å². The van der Waals surface area contributed by atoms with Crippen molar-refractivity contribution >= 4 is 31.9 Å². The Hall–Kier alpha value is -1.98. The highest BCUT2D eigenvalue weighted by Gasteiger charge is 2.22. The molecular formula is C26H28Br2O3. The van der Waals surface area contributed by atoms with Crippen LogP contribution in [0.1, 0.15) is 27.8 Å². The van der Waals surface area contributed by atoms with Crippen molar-refractivity contribution < 1.29 is 14.2 Å². The first kappa shape index (κ1) is 23.7. The normalized spacial score (nSPS) is 10.8. The summed E-state index contributed by atoms with van der Waals surface area (Å²) in [5.74, 6) is 2.52. The van der Waals surface area contributed by atoms with Crippen LogP contribution >= 0.6 is 31.9 Å². The molecule has 3 aromatic carbocycles. The summed E-state index contributed by atoms with van der Waals surface area (Å²) in [5, 5.41) is 1.43. The van der Waals surface area contributed by atoms with Crippen LogP contribution in [0.4, 0.5) is 0 Å². The Bertz CT molecular complexity index is 1020. The number of hydrogen-bond donors (Lipinski definition) is 0. The van der Waals surface area contributed by atoms with E-state index in [1.807, 2.05) is 0 Å². The molecule has 3 nitrogen and oxygen atoms in total. The summed E-state index contributed by atoms with van der Waals surface area (Å²) in [7, 11) is 5.16. The number of ether oxygens (including phenoxy) is 3. The smallest absolute Gasteiger partial charge is 0.134 e. The van der Waals surface area contributed by atoms with Crippen molar-refractivity contribution in [2.75, 3.05) is 21.3 Å². The topological polar surface area (TPSA) is 27.7 Å². The van der Waals surface area contributed by atoms with E-state index in [1.165, 1.54) is 11.1 Å². The van der Waals surface area contributed by atoms with E-state index in [0.717, 1.165) is 56.2 Å². The summed E-state index contributed by atoms with van der Waals surface area (Å²) in [6, 6.07) is 12.9. The zero-order chi connectivity index (χ0) is 22.7. The van der Waals surface area contributed by atoms with Gasteiger partial charge in [0.15, 0.2) is 0 Å². The Labute approximate surface area is 202 Å². The average molecular weight is 548 g/mol. The minimum atomic E-state index is 0.714. The molecule has 164 valence electrons. The summed E-state index contributed by atoms with van der Waals surface area (Å²) >= 11 is 7.20. The van der Waals surface area contributed by atoms with Gasteiger partial charge in [0.25, 0.3) is 0 Å². The lowest BCUT2D eigenvalue weighted by atomic mass is 9.91. The van der Waals surface area contributed by atoms with Gasteiger partial charge in [0.05, 0.1) is 21.3 Å². The van der Waals surface area contributed by atoms with Crippen LogP contribution < -0.4 is 14.2 Å².